The Labute approximate surface area is 187 Å². The van der Waals surface area contributed by atoms with E-state index in [9.17, 15) is 15.0 Å². The van der Waals surface area contributed by atoms with Crippen LogP contribution in [-0.2, 0) is 11.4 Å². The molecule has 0 aliphatic carbocycles. The van der Waals surface area contributed by atoms with Gasteiger partial charge in [0, 0.05) is 30.2 Å². The van der Waals surface area contributed by atoms with Crippen LogP contribution in [0.5, 0.6) is 23.0 Å². The summed E-state index contributed by atoms with van der Waals surface area (Å²) in [6.07, 6.45) is 2.15. The number of aliphatic hydroxyl groups is 1. The molecule has 0 heterocycles. The average molecular weight is 434 g/mol. The van der Waals surface area contributed by atoms with Crippen molar-refractivity contribution < 1.29 is 29.2 Å². The SMILES string of the molecule is CCOc1ccc(C=CC(O)c2ccc(OC(C)=O)cc2OCc2ccccc2)c(O)c1. The van der Waals surface area contributed by atoms with Crippen molar-refractivity contribution in [1.82, 2.24) is 0 Å². The van der Waals surface area contributed by atoms with Crippen molar-refractivity contribution in [1.29, 1.82) is 0 Å². The zero-order valence-corrected chi connectivity index (χ0v) is 18.0. The predicted octanol–water partition coefficient (Wildman–Crippen LogP) is 5.04. The van der Waals surface area contributed by atoms with E-state index in [-0.39, 0.29) is 12.4 Å². The maximum absolute atomic E-state index is 11.3. The Morgan fingerprint density at radius 3 is 2.44 bits per heavy atom. The number of aromatic hydroxyl groups is 1. The number of esters is 1. The molecule has 0 spiro atoms. The minimum absolute atomic E-state index is 0.0464. The average Bonchev–Trinajstić information content (AvgIpc) is 2.77. The van der Waals surface area contributed by atoms with Crippen LogP contribution in [0.3, 0.4) is 0 Å². The largest absolute Gasteiger partial charge is 0.507 e. The van der Waals surface area contributed by atoms with Crippen LogP contribution in [0.1, 0.15) is 36.6 Å². The van der Waals surface area contributed by atoms with Gasteiger partial charge in [0.1, 0.15) is 35.7 Å². The number of carbonyl (C=O) groups is 1. The van der Waals surface area contributed by atoms with Gasteiger partial charge in [-0.2, -0.15) is 0 Å². The van der Waals surface area contributed by atoms with Crippen LogP contribution in [-0.4, -0.2) is 22.8 Å². The second-order valence-corrected chi connectivity index (χ2v) is 7.03. The van der Waals surface area contributed by atoms with Crippen LogP contribution in [0.2, 0.25) is 0 Å². The number of phenols is 1. The Morgan fingerprint density at radius 2 is 1.75 bits per heavy atom. The molecule has 1 atom stereocenters. The predicted molar refractivity (Wildman–Crippen MR) is 122 cm³/mol. The monoisotopic (exact) mass is 434 g/mol. The Morgan fingerprint density at radius 1 is 1.00 bits per heavy atom. The third-order valence-electron chi connectivity index (χ3n) is 4.57. The standard InChI is InChI=1S/C26H26O6/c1-3-30-21-11-9-20(25(29)15-21)10-14-24(28)23-13-12-22(32-18(2)27)16-26(23)31-17-19-7-5-4-6-8-19/h4-16,24,28-29H,3,17H2,1-2H3. The van der Waals surface area contributed by atoms with Gasteiger partial charge in [0.25, 0.3) is 0 Å². The summed E-state index contributed by atoms with van der Waals surface area (Å²) in [4.78, 5) is 11.3. The van der Waals surface area contributed by atoms with E-state index < -0.39 is 12.1 Å². The highest BCUT2D eigenvalue weighted by Crippen LogP contribution is 2.32. The Balaban J connectivity index is 1.82. The van der Waals surface area contributed by atoms with Gasteiger partial charge in [0.15, 0.2) is 0 Å². The van der Waals surface area contributed by atoms with Crippen molar-refractivity contribution in [3.63, 3.8) is 0 Å². The molecule has 0 aromatic heterocycles. The number of hydrogen-bond donors (Lipinski definition) is 2. The highest BCUT2D eigenvalue weighted by molar-refractivity contribution is 5.69. The Hall–Kier alpha value is -3.77. The summed E-state index contributed by atoms with van der Waals surface area (Å²) in [7, 11) is 0. The molecule has 0 aliphatic rings. The normalized spacial score (nSPS) is 11.8. The van der Waals surface area contributed by atoms with Gasteiger partial charge in [-0.1, -0.05) is 42.5 Å². The highest BCUT2D eigenvalue weighted by Gasteiger charge is 2.14. The first-order chi connectivity index (χ1) is 15.5. The first kappa shape index (κ1) is 22.9. The Bertz CT molecular complexity index is 1070. The van der Waals surface area contributed by atoms with Gasteiger partial charge in [-0.3, -0.25) is 4.79 Å². The molecule has 0 bridgehead atoms. The van der Waals surface area contributed by atoms with Crippen LogP contribution in [0.15, 0.2) is 72.8 Å². The van der Waals surface area contributed by atoms with Gasteiger partial charge < -0.3 is 24.4 Å². The minimum Gasteiger partial charge on any atom is -0.507 e. The molecule has 0 saturated carbocycles. The van der Waals surface area contributed by atoms with Gasteiger partial charge in [-0.25, -0.2) is 0 Å². The van der Waals surface area contributed by atoms with Crippen LogP contribution < -0.4 is 14.2 Å². The third kappa shape index (κ3) is 6.36. The van der Waals surface area contributed by atoms with Gasteiger partial charge >= 0.3 is 5.97 Å². The molecule has 3 aromatic rings. The van der Waals surface area contributed by atoms with Crippen LogP contribution in [0.25, 0.3) is 6.08 Å². The number of carbonyl (C=O) groups excluding carboxylic acids is 1. The van der Waals surface area contributed by atoms with E-state index in [0.29, 0.717) is 35.0 Å². The summed E-state index contributed by atoms with van der Waals surface area (Å²) >= 11 is 0. The molecular weight excluding hydrogens is 408 g/mol. The quantitative estimate of drug-likeness (QED) is 0.362. The lowest BCUT2D eigenvalue weighted by Gasteiger charge is -2.16. The van der Waals surface area contributed by atoms with E-state index in [1.807, 2.05) is 37.3 Å². The zero-order chi connectivity index (χ0) is 22.9. The second-order valence-electron chi connectivity index (χ2n) is 7.03. The van der Waals surface area contributed by atoms with E-state index >= 15 is 0 Å². The summed E-state index contributed by atoms with van der Waals surface area (Å²) in [5, 5.41) is 21.0. The molecule has 0 aliphatic heterocycles. The van der Waals surface area contributed by atoms with Crippen molar-refractivity contribution in [2.24, 2.45) is 0 Å². The van der Waals surface area contributed by atoms with Crippen LogP contribution >= 0.6 is 0 Å². The maximum Gasteiger partial charge on any atom is 0.308 e. The van der Waals surface area contributed by atoms with E-state index in [1.54, 1.807) is 42.5 Å². The van der Waals surface area contributed by atoms with E-state index in [2.05, 4.69) is 0 Å². The van der Waals surface area contributed by atoms with Crippen molar-refractivity contribution in [2.75, 3.05) is 6.61 Å². The Kier molecular flexibility index (Phi) is 7.89. The van der Waals surface area contributed by atoms with Crippen LogP contribution in [0, 0.1) is 0 Å². The first-order valence-electron chi connectivity index (χ1n) is 10.3. The molecule has 3 rings (SSSR count). The molecular formula is C26H26O6. The summed E-state index contributed by atoms with van der Waals surface area (Å²) in [6.45, 7) is 3.97. The van der Waals surface area contributed by atoms with Crippen LogP contribution in [0.4, 0.5) is 0 Å². The lowest BCUT2D eigenvalue weighted by atomic mass is 10.1. The molecule has 6 nitrogen and oxygen atoms in total. The number of phenolic OH excluding ortho intramolecular Hbond substituents is 1. The fourth-order valence-corrected chi connectivity index (χ4v) is 3.07. The van der Waals surface area contributed by atoms with E-state index in [1.165, 1.54) is 13.0 Å². The molecule has 1 unspecified atom stereocenters. The number of benzene rings is 3. The molecule has 0 radical (unpaired) electrons. The summed E-state index contributed by atoms with van der Waals surface area (Å²) < 4.78 is 16.5. The number of hydrogen-bond acceptors (Lipinski definition) is 6. The molecule has 3 aromatic carbocycles. The summed E-state index contributed by atoms with van der Waals surface area (Å²) in [6, 6.07) is 19.4. The lowest BCUT2D eigenvalue weighted by Crippen LogP contribution is -2.05. The number of rotatable bonds is 9. The van der Waals surface area contributed by atoms with E-state index in [4.69, 9.17) is 14.2 Å². The molecule has 0 amide bonds. The fourth-order valence-electron chi connectivity index (χ4n) is 3.07. The smallest absolute Gasteiger partial charge is 0.308 e. The molecule has 166 valence electrons. The topological polar surface area (TPSA) is 85.2 Å². The molecule has 0 saturated heterocycles. The lowest BCUT2D eigenvalue weighted by molar-refractivity contribution is -0.131. The van der Waals surface area contributed by atoms with Gasteiger partial charge in [-0.15, -0.1) is 0 Å². The molecule has 6 heteroatoms. The third-order valence-corrected chi connectivity index (χ3v) is 4.57. The molecule has 32 heavy (non-hydrogen) atoms. The van der Waals surface area contributed by atoms with Gasteiger partial charge in [-0.05, 0) is 36.8 Å². The van der Waals surface area contributed by atoms with Crippen molar-refractivity contribution in [3.05, 3.63) is 89.5 Å². The second kappa shape index (κ2) is 11.0. The van der Waals surface area contributed by atoms with E-state index in [0.717, 1.165) is 5.56 Å². The summed E-state index contributed by atoms with van der Waals surface area (Å²) in [5.74, 6) is 0.883. The van der Waals surface area contributed by atoms with Crippen molar-refractivity contribution in [2.45, 2.75) is 26.6 Å². The van der Waals surface area contributed by atoms with Gasteiger partial charge in [0.2, 0.25) is 0 Å². The van der Waals surface area contributed by atoms with Crippen molar-refractivity contribution in [3.8, 4) is 23.0 Å². The molecule has 2 N–H and O–H groups in total. The van der Waals surface area contributed by atoms with Crippen molar-refractivity contribution >= 4 is 12.0 Å². The first-order valence-corrected chi connectivity index (χ1v) is 10.3. The zero-order valence-electron chi connectivity index (χ0n) is 18.0. The van der Waals surface area contributed by atoms with Gasteiger partial charge in [0.05, 0.1) is 6.61 Å². The number of aliphatic hydroxyl groups excluding tert-OH is 1. The molecule has 0 fully saturated rings. The number of ether oxygens (including phenoxy) is 3. The maximum atomic E-state index is 11.3. The summed E-state index contributed by atoms with van der Waals surface area (Å²) in [5.41, 5.74) is 2.00. The minimum atomic E-state index is -1.02. The highest BCUT2D eigenvalue weighted by atomic mass is 16.5. The fraction of sp³-hybridized carbons (Fsp3) is 0.192.